The largest absolute Gasteiger partial charge is 0.493 e. The Morgan fingerprint density at radius 3 is 2.31 bits per heavy atom. The molecule has 0 saturated carbocycles. The fourth-order valence-corrected chi connectivity index (χ4v) is 4.87. The van der Waals surface area contributed by atoms with Gasteiger partial charge in [0.05, 0.1) is 23.7 Å². The zero-order valence-electron chi connectivity index (χ0n) is 23.8. The molecule has 0 fully saturated rings. The fourth-order valence-electron chi connectivity index (χ4n) is 4.87. The highest BCUT2D eigenvalue weighted by Crippen LogP contribution is 2.27. The van der Waals surface area contributed by atoms with E-state index in [0.29, 0.717) is 19.6 Å². The lowest BCUT2D eigenvalue weighted by atomic mass is 10.1. The van der Waals surface area contributed by atoms with E-state index in [1.807, 2.05) is 36.4 Å². The molecule has 1 unspecified atom stereocenters. The molecule has 1 atom stereocenters. The van der Waals surface area contributed by atoms with Crippen LogP contribution in [0.25, 0.3) is 11.0 Å². The van der Waals surface area contributed by atoms with Crippen LogP contribution in [-0.4, -0.2) is 40.7 Å². The van der Waals surface area contributed by atoms with Gasteiger partial charge < -0.3 is 24.7 Å². The van der Waals surface area contributed by atoms with Crippen molar-refractivity contribution in [3.05, 3.63) is 89.7 Å². The van der Waals surface area contributed by atoms with Gasteiger partial charge in [0.1, 0.15) is 23.9 Å². The van der Waals surface area contributed by atoms with Crippen molar-refractivity contribution >= 4 is 11.0 Å². The molecule has 6 heteroatoms. The predicted molar refractivity (Wildman–Crippen MR) is 160 cm³/mol. The van der Waals surface area contributed by atoms with E-state index in [9.17, 15) is 0 Å². The van der Waals surface area contributed by atoms with E-state index in [-0.39, 0.29) is 6.04 Å². The van der Waals surface area contributed by atoms with Gasteiger partial charge in [0.15, 0.2) is 0 Å². The van der Waals surface area contributed by atoms with Crippen LogP contribution in [0.3, 0.4) is 0 Å². The van der Waals surface area contributed by atoms with Gasteiger partial charge in [-0.15, -0.1) is 0 Å². The van der Waals surface area contributed by atoms with E-state index < -0.39 is 0 Å². The molecule has 39 heavy (non-hydrogen) atoms. The van der Waals surface area contributed by atoms with Crippen LogP contribution in [0.1, 0.15) is 63.0 Å². The number of aryl methyl sites for hydroxylation is 1. The topological polar surface area (TPSA) is 65.5 Å². The highest BCUT2D eigenvalue weighted by atomic mass is 16.5. The minimum absolute atomic E-state index is 0.205. The van der Waals surface area contributed by atoms with Gasteiger partial charge in [-0.1, -0.05) is 69.7 Å². The summed E-state index contributed by atoms with van der Waals surface area (Å²) in [5, 5.41) is 0. The van der Waals surface area contributed by atoms with Crippen molar-refractivity contribution in [2.75, 3.05) is 26.2 Å². The first-order chi connectivity index (χ1) is 19.1. The molecule has 0 radical (unpaired) electrons. The summed E-state index contributed by atoms with van der Waals surface area (Å²) in [5.41, 5.74) is 11.2. The summed E-state index contributed by atoms with van der Waals surface area (Å²) < 4.78 is 14.4. The van der Waals surface area contributed by atoms with Crippen molar-refractivity contribution < 1.29 is 9.47 Å². The molecule has 0 saturated heterocycles. The molecule has 1 heterocycles. The third kappa shape index (κ3) is 8.07. The molecule has 0 aliphatic carbocycles. The van der Waals surface area contributed by atoms with Gasteiger partial charge >= 0.3 is 0 Å². The van der Waals surface area contributed by atoms with Crippen LogP contribution in [0, 0.1) is 0 Å². The molecule has 4 aromatic rings. The number of fused-ring (bicyclic) bond motifs is 1. The molecule has 0 spiro atoms. The van der Waals surface area contributed by atoms with Crippen molar-refractivity contribution in [2.24, 2.45) is 5.73 Å². The molecule has 0 aliphatic rings. The number of ether oxygens (including phenoxy) is 2. The Morgan fingerprint density at radius 1 is 0.846 bits per heavy atom. The number of benzene rings is 3. The third-order valence-electron chi connectivity index (χ3n) is 7.23. The standard InChI is InChI=1S/C33H44N4O2/c1-4-7-21-37-32-24-29(38-22-11-20-36(5-2)6-3)18-19-31(32)35-33(37)30(34)23-26-14-16-28(17-15-26)39-25-27-12-9-8-10-13-27/h8-10,12-19,24,30H,4-7,11,20-23,25,34H2,1-3H3. The molecule has 0 bridgehead atoms. The Kier molecular flexibility index (Phi) is 10.8. The Morgan fingerprint density at radius 2 is 1.59 bits per heavy atom. The normalized spacial score (nSPS) is 12.2. The summed E-state index contributed by atoms with van der Waals surface area (Å²) in [6, 6.07) is 24.5. The fraction of sp³-hybridized carbons (Fsp3) is 0.424. The lowest BCUT2D eigenvalue weighted by Crippen LogP contribution is -2.25. The van der Waals surface area contributed by atoms with Crippen LogP contribution in [0.4, 0.5) is 0 Å². The maximum Gasteiger partial charge on any atom is 0.127 e. The van der Waals surface area contributed by atoms with E-state index >= 15 is 0 Å². The number of nitrogens with two attached hydrogens (primary N) is 1. The van der Waals surface area contributed by atoms with Crippen LogP contribution in [0.2, 0.25) is 0 Å². The van der Waals surface area contributed by atoms with E-state index in [2.05, 4.69) is 66.6 Å². The van der Waals surface area contributed by atoms with Crippen molar-refractivity contribution in [1.29, 1.82) is 0 Å². The number of unbranched alkanes of at least 4 members (excludes halogenated alkanes) is 1. The van der Waals surface area contributed by atoms with Crippen LogP contribution in [-0.2, 0) is 19.6 Å². The predicted octanol–water partition coefficient (Wildman–Crippen LogP) is 6.77. The number of hydrogen-bond acceptors (Lipinski definition) is 5. The van der Waals surface area contributed by atoms with E-state index in [0.717, 1.165) is 79.4 Å². The highest BCUT2D eigenvalue weighted by molar-refractivity contribution is 5.78. The number of hydrogen-bond donors (Lipinski definition) is 1. The van der Waals surface area contributed by atoms with Crippen LogP contribution >= 0.6 is 0 Å². The summed E-state index contributed by atoms with van der Waals surface area (Å²) in [6.45, 7) is 12.0. The molecule has 1 aromatic heterocycles. The van der Waals surface area contributed by atoms with Gasteiger partial charge in [0.25, 0.3) is 0 Å². The minimum Gasteiger partial charge on any atom is -0.493 e. The maximum absolute atomic E-state index is 6.78. The summed E-state index contributed by atoms with van der Waals surface area (Å²) >= 11 is 0. The van der Waals surface area contributed by atoms with Crippen LogP contribution < -0.4 is 15.2 Å². The average Bonchev–Trinajstić information content (AvgIpc) is 3.34. The Balaban J connectivity index is 1.42. The summed E-state index contributed by atoms with van der Waals surface area (Å²) in [5.74, 6) is 2.68. The van der Waals surface area contributed by atoms with Gasteiger partial charge in [-0.2, -0.15) is 0 Å². The third-order valence-corrected chi connectivity index (χ3v) is 7.23. The van der Waals surface area contributed by atoms with Gasteiger partial charge in [-0.05, 0) is 67.7 Å². The van der Waals surface area contributed by atoms with Crippen LogP contribution in [0.5, 0.6) is 11.5 Å². The van der Waals surface area contributed by atoms with Crippen molar-refractivity contribution in [2.45, 2.75) is 65.6 Å². The molecule has 208 valence electrons. The number of nitrogens with zero attached hydrogens (tertiary/aromatic N) is 3. The van der Waals surface area contributed by atoms with Crippen molar-refractivity contribution in [1.82, 2.24) is 14.5 Å². The number of rotatable bonds is 16. The lowest BCUT2D eigenvalue weighted by Gasteiger charge is -2.17. The minimum atomic E-state index is -0.205. The summed E-state index contributed by atoms with van der Waals surface area (Å²) in [6.07, 6.45) is 3.91. The molecule has 2 N–H and O–H groups in total. The summed E-state index contributed by atoms with van der Waals surface area (Å²) in [7, 11) is 0. The summed E-state index contributed by atoms with van der Waals surface area (Å²) in [4.78, 5) is 7.40. The zero-order valence-corrected chi connectivity index (χ0v) is 23.8. The maximum atomic E-state index is 6.78. The molecule has 0 amide bonds. The molecule has 6 nitrogen and oxygen atoms in total. The Bertz CT molecular complexity index is 1270. The molecule has 4 rings (SSSR count). The van der Waals surface area contributed by atoms with E-state index in [1.54, 1.807) is 0 Å². The zero-order chi connectivity index (χ0) is 27.5. The number of aromatic nitrogens is 2. The first-order valence-electron chi connectivity index (χ1n) is 14.5. The first-order valence-corrected chi connectivity index (χ1v) is 14.5. The van der Waals surface area contributed by atoms with Crippen LogP contribution in [0.15, 0.2) is 72.8 Å². The monoisotopic (exact) mass is 528 g/mol. The first kappa shape index (κ1) is 28.7. The highest BCUT2D eigenvalue weighted by Gasteiger charge is 2.18. The van der Waals surface area contributed by atoms with Gasteiger partial charge in [0, 0.05) is 19.2 Å². The smallest absolute Gasteiger partial charge is 0.127 e. The number of imidazole rings is 1. The Hall–Kier alpha value is -3.35. The molecular weight excluding hydrogens is 484 g/mol. The second-order valence-electron chi connectivity index (χ2n) is 10.1. The second kappa shape index (κ2) is 14.7. The van der Waals surface area contributed by atoms with Crippen molar-refractivity contribution in [3.8, 4) is 11.5 Å². The van der Waals surface area contributed by atoms with E-state index in [1.165, 1.54) is 5.56 Å². The molecule has 0 aliphatic heterocycles. The van der Waals surface area contributed by atoms with Gasteiger partial charge in [-0.25, -0.2) is 4.98 Å². The Labute approximate surface area is 233 Å². The SMILES string of the molecule is CCCCn1c(C(N)Cc2ccc(OCc3ccccc3)cc2)nc2ccc(OCCCN(CC)CC)cc21. The second-order valence-corrected chi connectivity index (χ2v) is 10.1. The van der Waals surface area contributed by atoms with Crippen molar-refractivity contribution in [3.63, 3.8) is 0 Å². The van der Waals surface area contributed by atoms with Gasteiger partial charge in [-0.3, -0.25) is 0 Å². The average molecular weight is 529 g/mol. The van der Waals surface area contributed by atoms with E-state index in [4.69, 9.17) is 20.2 Å². The molecule has 3 aromatic carbocycles. The molecular formula is C33H44N4O2. The van der Waals surface area contributed by atoms with Gasteiger partial charge in [0.2, 0.25) is 0 Å². The lowest BCUT2D eigenvalue weighted by molar-refractivity contribution is 0.249. The quantitative estimate of drug-likeness (QED) is 0.163.